The molecule has 2 rings (SSSR count). The van der Waals surface area contributed by atoms with Gasteiger partial charge in [0.2, 0.25) is 0 Å². The van der Waals surface area contributed by atoms with E-state index in [4.69, 9.17) is 16.3 Å². The molecule has 22 heavy (non-hydrogen) atoms. The standard InChI is InChI=1S/C17H19ClN2O2/c1-12-4-5-14(18)15(10-12)22-17(2,3)16(21)20-11-13-6-8-19-9-7-13/h4-10H,11H2,1-3H3,(H,20,21). The maximum absolute atomic E-state index is 12.3. The highest BCUT2D eigenvalue weighted by molar-refractivity contribution is 6.32. The lowest BCUT2D eigenvalue weighted by molar-refractivity contribution is -0.134. The second kappa shape index (κ2) is 6.79. The Morgan fingerprint density at radius 1 is 1.27 bits per heavy atom. The van der Waals surface area contributed by atoms with Crippen molar-refractivity contribution in [2.45, 2.75) is 32.9 Å². The molecule has 0 bridgehead atoms. The molecule has 1 aromatic heterocycles. The number of amides is 1. The molecule has 1 N–H and O–H groups in total. The fourth-order valence-corrected chi connectivity index (χ4v) is 2.06. The summed E-state index contributed by atoms with van der Waals surface area (Å²) >= 11 is 6.12. The Balaban J connectivity index is 2.02. The number of ether oxygens (including phenoxy) is 1. The molecule has 0 spiro atoms. The SMILES string of the molecule is Cc1ccc(Cl)c(OC(C)(C)C(=O)NCc2ccncc2)c1. The Morgan fingerprint density at radius 2 is 1.95 bits per heavy atom. The van der Waals surface area contributed by atoms with Crippen LogP contribution in [0.2, 0.25) is 5.02 Å². The normalized spacial score (nSPS) is 11.1. The molecule has 4 nitrogen and oxygen atoms in total. The van der Waals surface area contributed by atoms with E-state index in [0.717, 1.165) is 11.1 Å². The van der Waals surface area contributed by atoms with E-state index in [1.165, 1.54) is 0 Å². The molecule has 0 aliphatic heterocycles. The van der Waals surface area contributed by atoms with E-state index in [2.05, 4.69) is 10.3 Å². The summed E-state index contributed by atoms with van der Waals surface area (Å²) < 4.78 is 5.81. The van der Waals surface area contributed by atoms with E-state index in [0.29, 0.717) is 17.3 Å². The lowest BCUT2D eigenvalue weighted by atomic mass is 10.1. The van der Waals surface area contributed by atoms with Crippen molar-refractivity contribution in [3.63, 3.8) is 0 Å². The number of pyridine rings is 1. The minimum atomic E-state index is -1.02. The van der Waals surface area contributed by atoms with Crippen molar-refractivity contribution in [3.05, 3.63) is 58.9 Å². The van der Waals surface area contributed by atoms with Gasteiger partial charge in [-0.1, -0.05) is 17.7 Å². The van der Waals surface area contributed by atoms with Gasteiger partial charge in [-0.3, -0.25) is 9.78 Å². The topological polar surface area (TPSA) is 51.2 Å². The third-order valence-electron chi connectivity index (χ3n) is 3.20. The zero-order valence-electron chi connectivity index (χ0n) is 12.9. The lowest BCUT2D eigenvalue weighted by Gasteiger charge is -2.26. The number of aryl methyl sites for hydroxylation is 1. The van der Waals surface area contributed by atoms with Crippen molar-refractivity contribution in [2.24, 2.45) is 0 Å². The van der Waals surface area contributed by atoms with Gasteiger partial charge >= 0.3 is 0 Å². The van der Waals surface area contributed by atoms with E-state index in [9.17, 15) is 4.79 Å². The molecule has 0 aliphatic carbocycles. The van der Waals surface area contributed by atoms with Crippen molar-refractivity contribution >= 4 is 17.5 Å². The number of rotatable bonds is 5. The molecule has 2 aromatic rings. The molecule has 0 aliphatic rings. The van der Waals surface area contributed by atoms with Gasteiger partial charge in [-0.25, -0.2) is 0 Å². The highest BCUT2D eigenvalue weighted by Gasteiger charge is 2.30. The molecule has 0 fully saturated rings. The van der Waals surface area contributed by atoms with Crippen LogP contribution >= 0.6 is 11.6 Å². The molecule has 1 aromatic carbocycles. The fourth-order valence-electron chi connectivity index (χ4n) is 1.91. The number of hydrogen-bond donors (Lipinski definition) is 1. The zero-order chi connectivity index (χ0) is 16.2. The first-order valence-corrected chi connectivity index (χ1v) is 7.38. The molecule has 0 unspecified atom stereocenters. The van der Waals surface area contributed by atoms with E-state index in [1.54, 1.807) is 32.3 Å². The number of carbonyl (C=O) groups excluding carboxylic acids is 1. The van der Waals surface area contributed by atoms with E-state index in [-0.39, 0.29) is 5.91 Å². The summed E-state index contributed by atoms with van der Waals surface area (Å²) in [6.45, 7) is 5.80. The van der Waals surface area contributed by atoms with Gasteiger partial charge in [0.15, 0.2) is 5.60 Å². The van der Waals surface area contributed by atoms with Crippen LogP contribution in [0.25, 0.3) is 0 Å². The highest BCUT2D eigenvalue weighted by atomic mass is 35.5. The third-order valence-corrected chi connectivity index (χ3v) is 3.51. The summed E-state index contributed by atoms with van der Waals surface area (Å²) in [6.07, 6.45) is 3.38. The molecule has 1 amide bonds. The maximum atomic E-state index is 12.3. The van der Waals surface area contributed by atoms with Gasteiger partial charge in [0.25, 0.3) is 5.91 Å². The van der Waals surface area contributed by atoms with Crippen LogP contribution in [0.1, 0.15) is 25.0 Å². The monoisotopic (exact) mass is 318 g/mol. The summed E-state index contributed by atoms with van der Waals surface area (Å²) in [4.78, 5) is 16.3. The van der Waals surface area contributed by atoms with E-state index < -0.39 is 5.60 Å². The van der Waals surface area contributed by atoms with Crippen molar-refractivity contribution in [2.75, 3.05) is 0 Å². The number of nitrogens with zero attached hydrogens (tertiary/aromatic N) is 1. The van der Waals surface area contributed by atoms with E-state index in [1.807, 2.05) is 31.2 Å². The van der Waals surface area contributed by atoms with Gasteiger partial charge in [-0.05, 0) is 56.2 Å². The Kier molecular flexibility index (Phi) is 5.03. The van der Waals surface area contributed by atoms with Crippen LogP contribution in [0.15, 0.2) is 42.7 Å². The molecule has 1 heterocycles. The molecule has 116 valence electrons. The number of hydrogen-bond acceptors (Lipinski definition) is 3. The predicted octanol–water partition coefficient (Wildman–Crippen LogP) is 3.52. The fraction of sp³-hybridized carbons (Fsp3) is 0.294. The predicted molar refractivity (Wildman–Crippen MR) is 87.0 cm³/mol. The van der Waals surface area contributed by atoms with E-state index >= 15 is 0 Å². The number of aromatic nitrogens is 1. The summed E-state index contributed by atoms with van der Waals surface area (Å²) in [5.74, 6) is 0.299. The molecule has 0 atom stereocenters. The smallest absolute Gasteiger partial charge is 0.263 e. The average molecular weight is 319 g/mol. The van der Waals surface area contributed by atoms with Gasteiger partial charge in [0.1, 0.15) is 5.75 Å². The summed E-state index contributed by atoms with van der Waals surface area (Å²) in [5.41, 5.74) is 0.977. The molecule has 0 radical (unpaired) electrons. The second-order valence-corrected chi connectivity index (χ2v) is 5.99. The molecule has 0 saturated carbocycles. The average Bonchev–Trinajstić information content (AvgIpc) is 2.49. The minimum absolute atomic E-state index is 0.207. The molecular formula is C17H19ClN2O2. The Labute approximate surface area is 135 Å². The van der Waals surface area contributed by atoms with Crippen LogP contribution in [0.3, 0.4) is 0 Å². The van der Waals surface area contributed by atoms with Gasteiger partial charge < -0.3 is 10.1 Å². The van der Waals surface area contributed by atoms with Crippen LogP contribution in [-0.2, 0) is 11.3 Å². The van der Waals surface area contributed by atoms with Crippen molar-refractivity contribution in [1.29, 1.82) is 0 Å². The summed E-state index contributed by atoms with van der Waals surface area (Å²) in [7, 11) is 0. The van der Waals surface area contributed by atoms with Gasteiger partial charge in [-0.2, -0.15) is 0 Å². The quantitative estimate of drug-likeness (QED) is 0.917. The van der Waals surface area contributed by atoms with Gasteiger partial charge in [0, 0.05) is 18.9 Å². The van der Waals surface area contributed by atoms with Crippen LogP contribution in [-0.4, -0.2) is 16.5 Å². The second-order valence-electron chi connectivity index (χ2n) is 5.58. The van der Waals surface area contributed by atoms with Crippen LogP contribution in [0.4, 0.5) is 0 Å². The van der Waals surface area contributed by atoms with Crippen LogP contribution in [0, 0.1) is 6.92 Å². The van der Waals surface area contributed by atoms with Crippen molar-refractivity contribution in [1.82, 2.24) is 10.3 Å². The Morgan fingerprint density at radius 3 is 2.64 bits per heavy atom. The highest BCUT2D eigenvalue weighted by Crippen LogP contribution is 2.28. The number of benzene rings is 1. The molecule has 5 heteroatoms. The summed E-state index contributed by atoms with van der Waals surface area (Å²) in [6, 6.07) is 9.18. The van der Waals surface area contributed by atoms with Crippen LogP contribution < -0.4 is 10.1 Å². The van der Waals surface area contributed by atoms with Crippen molar-refractivity contribution < 1.29 is 9.53 Å². The maximum Gasteiger partial charge on any atom is 0.263 e. The van der Waals surface area contributed by atoms with Crippen LogP contribution in [0.5, 0.6) is 5.75 Å². The van der Waals surface area contributed by atoms with Gasteiger partial charge in [0.05, 0.1) is 5.02 Å². The first-order valence-electron chi connectivity index (χ1n) is 7.01. The number of carbonyl (C=O) groups is 1. The molecular weight excluding hydrogens is 300 g/mol. The Bertz CT molecular complexity index is 657. The third kappa shape index (κ3) is 4.21. The number of nitrogens with one attached hydrogen (secondary N) is 1. The Hall–Kier alpha value is -2.07. The first-order chi connectivity index (χ1) is 10.4. The van der Waals surface area contributed by atoms with Crippen molar-refractivity contribution in [3.8, 4) is 5.75 Å². The minimum Gasteiger partial charge on any atom is -0.476 e. The zero-order valence-corrected chi connectivity index (χ0v) is 13.6. The van der Waals surface area contributed by atoms with Gasteiger partial charge in [-0.15, -0.1) is 0 Å². The summed E-state index contributed by atoms with van der Waals surface area (Å²) in [5, 5.41) is 3.35. The number of halogens is 1. The lowest BCUT2D eigenvalue weighted by Crippen LogP contribution is -2.46. The molecule has 0 saturated heterocycles. The largest absolute Gasteiger partial charge is 0.476 e. The first kappa shape index (κ1) is 16.3.